The second-order valence-electron chi connectivity index (χ2n) is 5.88. The Hall–Kier alpha value is -1.52. The first kappa shape index (κ1) is 12.9. The quantitative estimate of drug-likeness (QED) is 0.657. The predicted octanol–water partition coefficient (Wildman–Crippen LogP) is 1.88. The van der Waals surface area contributed by atoms with Gasteiger partial charge in [0, 0.05) is 18.5 Å². The summed E-state index contributed by atoms with van der Waals surface area (Å²) in [6, 6.07) is 0.573. The fourth-order valence-electron chi connectivity index (χ4n) is 1.64. The monoisotopic (exact) mass is 250 g/mol. The molecule has 1 aromatic rings. The zero-order valence-corrected chi connectivity index (χ0v) is 11.6. The van der Waals surface area contributed by atoms with Crippen LogP contribution in [-0.2, 0) is 12.0 Å². The van der Waals surface area contributed by atoms with E-state index in [0.29, 0.717) is 24.4 Å². The molecule has 1 aliphatic rings. The number of nitrogens with two attached hydrogens (primary N) is 1. The third-order valence-electron chi connectivity index (χ3n) is 3.13. The molecule has 0 atom stereocenters. The van der Waals surface area contributed by atoms with Crippen LogP contribution in [0.25, 0.3) is 0 Å². The summed E-state index contributed by atoms with van der Waals surface area (Å²) in [4.78, 5) is 10.6. The summed E-state index contributed by atoms with van der Waals surface area (Å²) in [5.74, 6) is 2.06. The van der Waals surface area contributed by atoms with Gasteiger partial charge in [0.05, 0.1) is 6.20 Å². The molecule has 5 nitrogen and oxygen atoms in total. The van der Waals surface area contributed by atoms with E-state index in [1.807, 2.05) is 11.9 Å². The number of oxazole rings is 1. The molecule has 0 unspecified atom stereocenters. The average molecular weight is 250 g/mol. The van der Waals surface area contributed by atoms with Crippen LogP contribution in [0.5, 0.6) is 0 Å². The standard InChI is InChI=1S/C13H22N4O/c1-13(2,3)10-7-15-11(18-10)8-16-12(14)17(4)9-5-6-9/h7,9H,5-6,8H2,1-4H3,(H2,14,16). The third-order valence-corrected chi connectivity index (χ3v) is 3.13. The van der Waals surface area contributed by atoms with E-state index in [1.165, 1.54) is 12.8 Å². The Morgan fingerprint density at radius 3 is 2.72 bits per heavy atom. The lowest BCUT2D eigenvalue weighted by molar-refractivity contribution is 0.382. The highest BCUT2D eigenvalue weighted by atomic mass is 16.4. The molecule has 0 bridgehead atoms. The molecule has 0 radical (unpaired) electrons. The van der Waals surface area contributed by atoms with Gasteiger partial charge in [0.15, 0.2) is 5.96 Å². The van der Waals surface area contributed by atoms with Crippen LogP contribution < -0.4 is 5.73 Å². The minimum Gasteiger partial charge on any atom is -0.443 e. The van der Waals surface area contributed by atoms with Gasteiger partial charge >= 0.3 is 0 Å². The Morgan fingerprint density at radius 2 is 2.22 bits per heavy atom. The highest BCUT2D eigenvalue weighted by Crippen LogP contribution is 2.25. The molecule has 1 heterocycles. The van der Waals surface area contributed by atoms with E-state index in [0.717, 1.165) is 5.76 Å². The van der Waals surface area contributed by atoms with Crippen molar-refractivity contribution in [1.29, 1.82) is 0 Å². The topological polar surface area (TPSA) is 67.7 Å². The van der Waals surface area contributed by atoms with Gasteiger partial charge in [-0.2, -0.15) is 0 Å². The normalized spacial score (nSPS) is 17.0. The second-order valence-corrected chi connectivity index (χ2v) is 5.88. The summed E-state index contributed by atoms with van der Waals surface area (Å²) in [5, 5.41) is 0. The molecule has 1 saturated carbocycles. The van der Waals surface area contributed by atoms with Gasteiger partial charge in [-0.05, 0) is 12.8 Å². The van der Waals surface area contributed by atoms with E-state index < -0.39 is 0 Å². The number of hydrogen-bond acceptors (Lipinski definition) is 3. The van der Waals surface area contributed by atoms with Gasteiger partial charge in [0.2, 0.25) is 5.89 Å². The lowest BCUT2D eigenvalue weighted by Crippen LogP contribution is -2.35. The van der Waals surface area contributed by atoms with Gasteiger partial charge in [-0.1, -0.05) is 20.8 Å². The maximum Gasteiger partial charge on any atom is 0.216 e. The first-order chi connectivity index (χ1) is 8.38. The van der Waals surface area contributed by atoms with Crippen LogP contribution in [0.4, 0.5) is 0 Å². The van der Waals surface area contributed by atoms with Crippen molar-refractivity contribution in [1.82, 2.24) is 9.88 Å². The molecule has 0 spiro atoms. The molecule has 2 N–H and O–H groups in total. The Kier molecular flexibility index (Phi) is 3.32. The van der Waals surface area contributed by atoms with E-state index in [1.54, 1.807) is 6.20 Å². The number of hydrogen-bond donors (Lipinski definition) is 1. The molecule has 1 fully saturated rings. The molecular formula is C13H22N4O. The largest absolute Gasteiger partial charge is 0.443 e. The zero-order chi connectivity index (χ0) is 13.3. The number of guanidine groups is 1. The summed E-state index contributed by atoms with van der Waals surface area (Å²) < 4.78 is 5.66. The van der Waals surface area contributed by atoms with Gasteiger partial charge in [0.1, 0.15) is 12.3 Å². The van der Waals surface area contributed by atoms with Crippen LogP contribution in [0, 0.1) is 0 Å². The van der Waals surface area contributed by atoms with Gasteiger partial charge < -0.3 is 15.1 Å². The molecule has 1 aromatic heterocycles. The maximum absolute atomic E-state index is 5.91. The van der Waals surface area contributed by atoms with Crippen LogP contribution in [0.1, 0.15) is 45.3 Å². The minimum absolute atomic E-state index is 0.0225. The fourth-order valence-corrected chi connectivity index (χ4v) is 1.64. The molecule has 18 heavy (non-hydrogen) atoms. The van der Waals surface area contributed by atoms with Crippen molar-refractivity contribution in [3.8, 4) is 0 Å². The highest BCUT2D eigenvalue weighted by Gasteiger charge is 2.27. The van der Waals surface area contributed by atoms with Crippen LogP contribution in [0.3, 0.4) is 0 Å². The lowest BCUT2D eigenvalue weighted by Gasteiger charge is -2.16. The number of aromatic nitrogens is 1. The van der Waals surface area contributed by atoms with E-state index in [9.17, 15) is 0 Å². The maximum atomic E-state index is 5.91. The molecule has 1 aliphatic carbocycles. The SMILES string of the molecule is CN(C(N)=NCc1ncc(C(C)(C)C)o1)C1CC1. The van der Waals surface area contributed by atoms with E-state index in [2.05, 4.69) is 30.7 Å². The van der Waals surface area contributed by atoms with Crippen molar-refractivity contribution >= 4 is 5.96 Å². The second kappa shape index (κ2) is 4.63. The Balaban J connectivity index is 1.97. The summed E-state index contributed by atoms with van der Waals surface area (Å²) in [7, 11) is 1.98. The molecular weight excluding hydrogens is 228 g/mol. The highest BCUT2D eigenvalue weighted by molar-refractivity contribution is 5.78. The number of nitrogens with zero attached hydrogens (tertiary/aromatic N) is 3. The molecule has 100 valence electrons. The van der Waals surface area contributed by atoms with Crippen LogP contribution in [0.2, 0.25) is 0 Å². The molecule has 2 rings (SSSR count). The van der Waals surface area contributed by atoms with Crippen molar-refractivity contribution in [3.63, 3.8) is 0 Å². The van der Waals surface area contributed by atoms with Gasteiger partial charge in [-0.25, -0.2) is 9.98 Å². The minimum atomic E-state index is -0.0225. The van der Waals surface area contributed by atoms with E-state index in [4.69, 9.17) is 10.2 Å². The smallest absolute Gasteiger partial charge is 0.216 e. The molecule has 0 aromatic carbocycles. The molecule has 0 amide bonds. The Morgan fingerprint density at radius 1 is 1.56 bits per heavy atom. The summed E-state index contributed by atoms with van der Waals surface area (Å²) in [6.07, 6.45) is 4.19. The van der Waals surface area contributed by atoms with Crippen molar-refractivity contribution in [2.75, 3.05) is 7.05 Å². The first-order valence-electron chi connectivity index (χ1n) is 6.36. The third kappa shape index (κ3) is 3.03. The van der Waals surface area contributed by atoms with Crippen LogP contribution in [-0.4, -0.2) is 28.9 Å². The fraction of sp³-hybridized carbons (Fsp3) is 0.692. The lowest BCUT2D eigenvalue weighted by atomic mass is 9.94. The summed E-state index contributed by atoms with van der Waals surface area (Å²) in [5.41, 5.74) is 5.88. The van der Waals surface area contributed by atoms with Crippen molar-refractivity contribution in [3.05, 3.63) is 17.8 Å². The first-order valence-corrected chi connectivity index (χ1v) is 6.36. The van der Waals surface area contributed by atoms with Crippen molar-refractivity contribution in [2.24, 2.45) is 10.7 Å². The Labute approximate surface area is 108 Å². The Bertz CT molecular complexity index is 440. The van der Waals surface area contributed by atoms with Crippen molar-refractivity contribution in [2.45, 2.75) is 51.6 Å². The average Bonchev–Trinajstić information content (AvgIpc) is 3.02. The van der Waals surface area contributed by atoms with Gasteiger partial charge in [-0.3, -0.25) is 0 Å². The predicted molar refractivity (Wildman–Crippen MR) is 71.3 cm³/mol. The van der Waals surface area contributed by atoms with Gasteiger partial charge in [-0.15, -0.1) is 0 Å². The molecule has 5 heteroatoms. The summed E-state index contributed by atoms with van der Waals surface area (Å²) >= 11 is 0. The van der Waals surface area contributed by atoms with Crippen molar-refractivity contribution < 1.29 is 4.42 Å². The van der Waals surface area contributed by atoms with Gasteiger partial charge in [0.25, 0.3) is 0 Å². The summed E-state index contributed by atoms with van der Waals surface area (Å²) in [6.45, 7) is 6.68. The van der Waals surface area contributed by atoms with Crippen LogP contribution in [0.15, 0.2) is 15.6 Å². The number of rotatable bonds is 3. The van der Waals surface area contributed by atoms with E-state index >= 15 is 0 Å². The van der Waals surface area contributed by atoms with E-state index in [-0.39, 0.29) is 5.41 Å². The molecule has 0 aliphatic heterocycles. The number of aliphatic imine (C=N–C) groups is 1. The molecule has 0 saturated heterocycles. The zero-order valence-electron chi connectivity index (χ0n) is 11.6. The van der Waals surface area contributed by atoms with Crippen LogP contribution >= 0.6 is 0 Å².